The van der Waals surface area contributed by atoms with Crippen molar-refractivity contribution in [3.8, 4) is 23.0 Å². The highest BCUT2D eigenvalue weighted by atomic mass is 32.2. The fourth-order valence-corrected chi connectivity index (χ4v) is 15.2. The monoisotopic (exact) mass is 1660 g/mol. The summed E-state index contributed by atoms with van der Waals surface area (Å²) in [7, 11) is -31.5. The molecule has 0 bridgehead atoms. The van der Waals surface area contributed by atoms with Crippen LogP contribution in [-0.2, 0) is 88.8 Å². The van der Waals surface area contributed by atoms with Gasteiger partial charge in [-0.2, -0.15) is 50.5 Å². The first kappa shape index (κ1) is 79.4. The number of non-ortho nitro benzene ring substituents is 1. The molecule has 0 saturated carbocycles. The highest BCUT2D eigenvalue weighted by molar-refractivity contribution is 7.95. The van der Waals surface area contributed by atoms with Gasteiger partial charge in [-0.1, -0.05) is 21.2 Å². The summed E-state index contributed by atoms with van der Waals surface area (Å²) in [4.78, 5) is 2.24. The maximum Gasteiger partial charge on any atom is 0.297 e. The van der Waals surface area contributed by atoms with Gasteiger partial charge in [0.15, 0.2) is 17.2 Å². The Morgan fingerprint density at radius 1 is 0.393 bits per heavy atom. The summed E-state index contributed by atoms with van der Waals surface area (Å²) in [6, 6.07) is 16.9. The summed E-state index contributed by atoms with van der Waals surface area (Å²) in [5, 5.41) is 119. The SMILES string of the molecule is COc1ccc(N=Nc2ccc(N=Nc3c(S(=O)(=O)O)cc4cc(SOOO)c(N=Nc5c(S(=O)(=O)O)cc6c(S(=O)(=O)O)c(N=Nc7cc(S(=O)(=O)O)c8cc(SOOO)c(N=Nc9ccc([N+](=O)[O-])cc9S(=O)(=O)O)c(O)c8c7N)ccc6c5O)cc4c3O)c3ccc(S(=O)(=O)O)cc23)c(SOOO)c1. The number of hydrogen-bond donors (Lipinski definition) is 13. The maximum absolute atomic E-state index is 13.4. The first-order valence-corrected chi connectivity index (χ1v) is 38.2. The Labute approximate surface area is 607 Å². The van der Waals surface area contributed by atoms with E-state index in [0.717, 1.165) is 54.6 Å². The molecule has 0 aliphatic carbocycles. The Hall–Kier alpha value is -10.2. The molecule has 10 rings (SSSR count). The lowest BCUT2D eigenvalue weighted by Gasteiger charge is -2.15. The Morgan fingerprint density at radius 2 is 0.879 bits per heavy atom. The molecule has 0 unspecified atom stereocenters. The number of nitrogens with two attached hydrogens (primary N) is 1. The van der Waals surface area contributed by atoms with Gasteiger partial charge in [0.05, 0.1) is 90.2 Å². The summed E-state index contributed by atoms with van der Waals surface area (Å²) < 4.78 is 235. The molecular formula is C53H36N12O33S9. The number of nitrogens with zero attached hydrogens (tertiary/aromatic N) is 11. The first-order chi connectivity index (χ1) is 50.2. The maximum atomic E-state index is 13.4. The third-order valence-electron chi connectivity index (χ3n) is 14.3. The van der Waals surface area contributed by atoms with Crippen LogP contribution in [0.5, 0.6) is 23.0 Å². The molecular weight excluding hydrogens is 1620 g/mol. The smallest absolute Gasteiger partial charge is 0.297 e. The number of anilines is 1. The molecule has 0 fully saturated rings. The predicted molar refractivity (Wildman–Crippen MR) is 363 cm³/mol. The van der Waals surface area contributed by atoms with Gasteiger partial charge < -0.3 is 25.8 Å². The quantitative estimate of drug-likeness (QED) is 0.00432. The van der Waals surface area contributed by atoms with E-state index in [1.54, 1.807) is 0 Å². The topological polar surface area (TPSA) is 705 Å². The van der Waals surface area contributed by atoms with Crippen molar-refractivity contribution >= 4 is 208 Å². The minimum absolute atomic E-state index is 0.0375. The standard InChI is InChI=1S/C53H36N12O33S9/c1-92-23-3-8-33(39(15-23)100-97-94-72)57-55-32-11-10-31(25-5-4-24(16-28(25)32)102(74,75)76)56-63-48-43(105(83,84)85)13-21-12-38(99-96-93-71)36(17-27(21)51(48)67)60-64-49-44(106(86,87)88)19-29-26(50(49)66)6-9-35(53(29)107(89,90)91)59-61-37-20-41(103(77,78)79)30-18-40(101-98-95-73)47(52(68)45(30)46(37)54)62-58-34-7-2-22(65(69)70)14-42(34)104(80,81)82/h2-20,66-68,71-73H,54H2,1H3,(H,74,75,76)(H,77,78,79)(H,80,81,82)(H,83,84,85)(H,86,87,88)(H,89,90,91). The zero-order valence-corrected chi connectivity index (χ0v) is 58.9. The molecule has 10 aromatic rings. The highest BCUT2D eigenvalue weighted by Crippen LogP contribution is 2.53. The molecule has 0 aliphatic heterocycles. The van der Waals surface area contributed by atoms with E-state index in [2.05, 4.69) is 79.3 Å². The summed E-state index contributed by atoms with van der Waals surface area (Å²) in [6.45, 7) is 0. The average molecular weight is 1660 g/mol. The van der Waals surface area contributed by atoms with Crippen LogP contribution in [0.2, 0.25) is 0 Å². The van der Waals surface area contributed by atoms with Crippen molar-refractivity contribution in [2.45, 2.75) is 44.1 Å². The van der Waals surface area contributed by atoms with Crippen molar-refractivity contribution in [3.05, 3.63) is 125 Å². The number of nitrogen functional groups attached to an aromatic ring is 1. The lowest BCUT2D eigenvalue weighted by atomic mass is 10.0. The van der Waals surface area contributed by atoms with Crippen LogP contribution >= 0.6 is 36.1 Å². The second kappa shape index (κ2) is 30.9. The van der Waals surface area contributed by atoms with E-state index in [9.17, 15) is 103 Å². The lowest BCUT2D eigenvalue weighted by Crippen LogP contribution is -2.03. The highest BCUT2D eigenvalue weighted by Gasteiger charge is 2.32. The van der Waals surface area contributed by atoms with Crippen LogP contribution in [0.25, 0.3) is 43.1 Å². The molecule has 0 atom stereocenters. The lowest BCUT2D eigenvalue weighted by molar-refractivity contribution is -0.432. The number of nitro groups is 1. The molecule has 0 heterocycles. The Morgan fingerprint density at radius 3 is 1.46 bits per heavy atom. The van der Waals surface area contributed by atoms with Crippen molar-refractivity contribution < 1.29 is 147 Å². The molecule has 0 spiro atoms. The predicted octanol–water partition coefficient (Wildman–Crippen LogP) is 13.8. The normalized spacial score (nSPS) is 13.0. The molecule has 0 radical (unpaired) electrons. The third kappa shape index (κ3) is 17.1. The molecule has 107 heavy (non-hydrogen) atoms. The number of benzene rings is 10. The molecule has 0 amide bonds. The van der Waals surface area contributed by atoms with E-state index >= 15 is 0 Å². The molecule has 14 N–H and O–H groups in total. The molecule has 0 aliphatic rings. The third-order valence-corrected chi connectivity index (χ3v) is 21.5. The van der Waals surface area contributed by atoms with Crippen molar-refractivity contribution in [2.75, 3.05) is 12.8 Å². The molecule has 10 aromatic carbocycles. The number of fused-ring (bicyclic) bond motifs is 4. The molecule has 560 valence electrons. The molecule has 0 aromatic heterocycles. The van der Waals surface area contributed by atoms with Gasteiger partial charge in [0.2, 0.25) is 0 Å². The van der Waals surface area contributed by atoms with Gasteiger partial charge in [0.25, 0.3) is 66.4 Å². The largest absolute Gasteiger partial charge is 0.505 e. The van der Waals surface area contributed by atoms with Crippen molar-refractivity contribution in [1.82, 2.24) is 0 Å². The number of aromatic hydroxyl groups is 3. The Bertz CT molecular complexity index is 6320. The van der Waals surface area contributed by atoms with Gasteiger partial charge >= 0.3 is 0 Å². The number of phenolic OH excluding ortho intramolecular Hbond substituents is 3. The van der Waals surface area contributed by atoms with Crippen LogP contribution in [0.15, 0.2) is 210 Å². The minimum Gasteiger partial charge on any atom is -0.505 e. The summed E-state index contributed by atoms with van der Waals surface area (Å²) in [5.41, 5.74) is -2.28. The van der Waals surface area contributed by atoms with Crippen LogP contribution in [0.1, 0.15) is 0 Å². The van der Waals surface area contributed by atoms with Crippen LogP contribution < -0.4 is 10.5 Å². The fourth-order valence-electron chi connectivity index (χ4n) is 9.78. The van der Waals surface area contributed by atoms with E-state index in [4.69, 9.17) is 26.2 Å². The Balaban J connectivity index is 1.08. The van der Waals surface area contributed by atoms with E-state index in [1.807, 2.05) is 0 Å². The van der Waals surface area contributed by atoms with Crippen LogP contribution in [0.3, 0.4) is 0 Å². The second-order valence-corrected chi connectivity index (χ2v) is 31.1. The average Bonchev–Trinajstić information content (AvgIpc) is 0.749. The minimum atomic E-state index is -5.82. The van der Waals surface area contributed by atoms with Crippen molar-refractivity contribution in [2.24, 2.45) is 51.1 Å². The van der Waals surface area contributed by atoms with E-state index < -0.39 is 200 Å². The van der Waals surface area contributed by atoms with Crippen LogP contribution in [0, 0.1) is 10.1 Å². The fraction of sp³-hybridized carbons (Fsp3) is 0.0189. The zero-order valence-electron chi connectivity index (χ0n) is 51.6. The van der Waals surface area contributed by atoms with E-state index in [0.29, 0.717) is 48.1 Å². The number of phenols is 3. The summed E-state index contributed by atoms with van der Waals surface area (Å²) >= 11 is 0.466. The summed E-state index contributed by atoms with van der Waals surface area (Å²) in [5.74, 6) is -3.51. The second-order valence-electron chi connectivity index (χ2n) is 20.6. The number of hydrogen-bond acceptors (Lipinski definition) is 41. The molecule has 45 nitrogen and oxygen atoms in total. The van der Waals surface area contributed by atoms with Gasteiger partial charge in [-0.15, -0.1) is 64.1 Å². The summed E-state index contributed by atoms with van der Waals surface area (Å²) in [6.07, 6.45) is 0. The van der Waals surface area contributed by atoms with Crippen LogP contribution in [0.4, 0.5) is 68.2 Å². The van der Waals surface area contributed by atoms with Gasteiger partial charge in [0, 0.05) is 44.5 Å². The van der Waals surface area contributed by atoms with Crippen molar-refractivity contribution in [3.63, 3.8) is 0 Å². The molecule has 54 heteroatoms. The van der Waals surface area contributed by atoms with Gasteiger partial charge in [-0.25, -0.2) is 15.8 Å². The number of azo groups is 5. The van der Waals surface area contributed by atoms with E-state index in [1.165, 1.54) is 37.4 Å². The molecule has 0 saturated heterocycles. The number of nitro benzene ring substituents is 1. The number of ether oxygens (including phenoxy) is 1. The number of rotatable bonds is 27. The van der Waals surface area contributed by atoms with Gasteiger partial charge in [-0.3, -0.25) is 37.4 Å². The van der Waals surface area contributed by atoms with Crippen LogP contribution in [-0.4, -0.2) is 121 Å². The van der Waals surface area contributed by atoms with Gasteiger partial charge in [-0.05, 0) is 102 Å². The Kier molecular flexibility index (Phi) is 22.9. The number of methoxy groups -OCH3 is 1. The first-order valence-electron chi connectivity index (χ1n) is 27.4. The zero-order chi connectivity index (χ0) is 78.2. The van der Waals surface area contributed by atoms with Gasteiger partial charge in [0.1, 0.15) is 75.7 Å². The van der Waals surface area contributed by atoms with Crippen molar-refractivity contribution in [1.29, 1.82) is 0 Å². The van der Waals surface area contributed by atoms with E-state index in [-0.39, 0.29) is 62.2 Å².